The predicted octanol–water partition coefficient (Wildman–Crippen LogP) is 2.14. The highest BCUT2D eigenvalue weighted by atomic mass is 32.2. The molecule has 1 fully saturated rings. The van der Waals surface area contributed by atoms with E-state index in [2.05, 4.69) is 17.6 Å². The Hall–Kier alpha value is -1.93. The van der Waals surface area contributed by atoms with Crippen LogP contribution >= 0.6 is 0 Å². The third kappa shape index (κ3) is 5.54. The first kappa shape index (κ1) is 22.4. The molecule has 0 spiro atoms. The van der Waals surface area contributed by atoms with Crippen molar-refractivity contribution >= 4 is 21.8 Å². The van der Waals surface area contributed by atoms with Crippen molar-refractivity contribution < 1.29 is 18.0 Å². The number of carbonyl (C=O) groups excluding carboxylic acids is 2. The standard InChI is InChI=1S/C20H31N3O4S/c1-4-23(5-2)28(26,27)17-12-10-16(11-13-17)20(25)21-14-19(24)22-18-9-7-6-8-15(18)3/h10-13,15,18H,4-9,14H2,1-3H3,(H,21,25)(H,22,24)/t15-,18+/m1/s1. The van der Waals surface area contributed by atoms with Crippen LogP contribution < -0.4 is 10.6 Å². The van der Waals surface area contributed by atoms with E-state index >= 15 is 0 Å². The van der Waals surface area contributed by atoms with Crippen LogP contribution in [0.3, 0.4) is 0 Å². The number of nitrogens with one attached hydrogen (secondary N) is 2. The van der Waals surface area contributed by atoms with Gasteiger partial charge in [0.2, 0.25) is 15.9 Å². The highest BCUT2D eigenvalue weighted by Gasteiger charge is 2.23. The summed E-state index contributed by atoms with van der Waals surface area (Å²) in [5.41, 5.74) is 0.317. The van der Waals surface area contributed by atoms with E-state index in [0.717, 1.165) is 19.3 Å². The number of benzene rings is 1. The molecule has 1 aromatic rings. The zero-order valence-corrected chi connectivity index (χ0v) is 17.7. The summed E-state index contributed by atoms with van der Waals surface area (Å²) >= 11 is 0. The Labute approximate surface area is 167 Å². The Morgan fingerprint density at radius 1 is 1.07 bits per heavy atom. The lowest BCUT2D eigenvalue weighted by Gasteiger charge is -2.29. The third-order valence-electron chi connectivity index (χ3n) is 5.33. The number of nitrogens with zero attached hydrogens (tertiary/aromatic N) is 1. The lowest BCUT2D eigenvalue weighted by molar-refractivity contribution is -0.121. The lowest BCUT2D eigenvalue weighted by atomic mass is 9.86. The maximum absolute atomic E-state index is 12.5. The molecule has 1 aliphatic rings. The molecule has 156 valence electrons. The summed E-state index contributed by atoms with van der Waals surface area (Å²) in [6, 6.07) is 5.95. The minimum absolute atomic E-state index is 0.0957. The van der Waals surface area contributed by atoms with Crippen LogP contribution in [0.4, 0.5) is 0 Å². The van der Waals surface area contributed by atoms with Gasteiger partial charge in [0.1, 0.15) is 0 Å². The van der Waals surface area contributed by atoms with Crippen molar-refractivity contribution in [3.63, 3.8) is 0 Å². The van der Waals surface area contributed by atoms with E-state index in [1.807, 2.05) is 0 Å². The highest BCUT2D eigenvalue weighted by Crippen LogP contribution is 2.23. The van der Waals surface area contributed by atoms with Gasteiger partial charge in [0.25, 0.3) is 5.91 Å². The summed E-state index contributed by atoms with van der Waals surface area (Å²) in [5.74, 6) is -0.153. The van der Waals surface area contributed by atoms with Gasteiger partial charge >= 0.3 is 0 Å². The zero-order valence-electron chi connectivity index (χ0n) is 16.9. The van der Waals surface area contributed by atoms with E-state index in [4.69, 9.17) is 0 Å². The first-order valence-electron chi connectivity index (χ1n) is 9.97. The molecular weight excluding hydrogens is 378 g/mol. The summed E-state index contributed by atoms with van der Waals surface area (Å²) in [7, 11) is -3.55. The fraction of sp³-hybridized carbons (Fsp3) is 0.600. The van der Waals surface area contributed by atoms with Crippen LogP contribution in [0.2, 0.25) is 0 Å². The van der Waals surface area contributed by atoms with Crippen molar-refractivity contribution in [2.45, 2.75) is 57.4 Å². The zero-order chi connectivity index (χ0) is 20.7. The van der Waals surface area contributed by atoms with Gasteiger partial charge < -0.3 is 10.6 Å². The summed E-state index contributed by atoms with van der Waals surface area (Å²) < 4.78 is 26.3. The molecule has 0 radical (unpaired) electrons. The van der Waals surface area contributed by atoms with Crippen molar-refractivity contribution in [1.82, 2.24) is 14.9 Å². The van der Waals surface area contributed by atoms with Crippen LogP contribution in [0.25, 0.3) is 0 Å². The quantitative estimate of drug-likeness (QED) is 0.688. The van der Waals surface area contributed by atoms with E-state index in [1.54, 1.807) is 13.8 Å². The van der Waals surface area contributed by atoms with Gasteiger partial charge in [0, 0.05) is 24.7 Å². The minimum Gasteiger partial charge on any atom is -0.352 e. The molecule has 0 heterocycles. The molecule has 2 atom stereocenters. The largest absolute Gasteiger partial charge is 0.352 e. The Balaban J connectivity index is 1.91. The molecule has 1 aliphatic carbocycles. The molecule has 2 amide bonds. The highest BCUT2D eigenvalue weighted by molar-refractivity contribution is 7.89. The fourth-order valence-corrected chi connectivity index (χ4v) is 5.00. The van der Waals surface area contributed by atoms with Crippen LogP contribution in [0, 0.1) is 5.92 Å². The first-order chi connectivity index (χ1) is 13.3. The van der Waals surface area contributed by atoms with Gasteiger partial charge in [-0.25, -0.2) is 8.42 Å². The summed E-state index contributed by atoms with van der Waals surface area (Å²) in [6.07, 6.45) is 4.40. The predicted molar refractivity (Wildman–Crippen MR) is 108 cm³/mol. The maximum atomic E-state index is 12.5. The number of hydrogen-bond donors (Lipinski definition) is 2. The molecule has 1 saturated carbocycles. The Bertz CT molecular complexity index is 773. The van der Waals surface area contributed by atoms with Crippen molar-refractivity contribution in [3.05, 3.63) is 29.8 Å². The number of rotatable bonds is 8. The van der Waals surface area contributed by atoms with Crippen LogP contribution in [-0.4, -0.2) is 50.2 Å². The average molecular weight is 410 g/mol. The summed E-state index contributed by atoms with van der Waals surface area (Å²) in [5, 5.41) is 5.59. The second kappa shape index (κ2) is 10.0. The van der Waals surface area contributed by atoms with Gasteiger partial charge in [-0.15, -0.1) is 0 Å². The van der Waals surface area contributed by atoms with Gasteiger partial charge in [-0.1, -0.05) is 33.6 Å². The van der Waals surface area contributed by atoms with Crippen molar-refractivity contribution in [1.29, 1.82) is 0 Å². The van der Waals surface area contributed by atoms with Crippen LogP contribution in [0.5, 0.6) is 0 Å². The van der Waals surface area contributed by atoms with Gasteiger partial charge in [-0.05, 0) is 43.0 Å². The number of carbonyl (C=O) groups is 2. The number of hydrogen-bond acceptors (Lipinski definition) is 4. The Morgan fingerprint density at radius 2 is 1.68 bits per heavy atom. The molecular formula is C20H31N3O4S. The third-order valence-corrected chi connectivity index (χ3v) is 7.39. The second-order valence-electron chi connectivity index (χ2n) is 7.23. The summed E-state index contributed by atoms with van der Waals surface area (Å²) in [6.45, 7) is 6.37. The first-order valence-corrected chi connectivity index (χ1v) is 11.4. The fourth-order valence-electron chi connectivity index (χ4n) is 3.54. The van der Waals surface area contributed by atoms with E-state index in [0.29, 0.717) is 24.6 Å². The maximum Gasteiger partial charge on any atom is 0.251 e. The molecule has 2 N–H and O–H groups in total. The van der Waals surface area contributed by atoms with Gasteiger partial charge in [0.15, 0.2) is 0 Å². The summed E-state index contributed by atoms with van der Waals surface area (Å²) in [4.78, 5) is 24.5. The minimum atomic E-state index is -3.55. The van der Waals surface area contributed by atoms with Crippen molar-refractivity contribution in [3.8, 4) is 0 Å². The number of sulfonamides is 1. The monoisotopic (exact) mass is 409 g/mol. The van der Waals surface area contributed by atoms with E-state index in [-0.39, 0.29) is 23.4 Å². The molecule has 0 bridgehead atoms. The van der Waals surface area contributed by atoms with E-state index in [1.165, 1.54) is 35.0 Å². The van der Waals surface area contributed by atoms with Crippen LogP contribution in [0.15, 0.2) is 29.2 Å². The van der Waals surface area contributed by atoms with Gasteiger partial charge in [-0.3, -0.25) is 9.59 Å². The molecule has 28 heavy (non-hydrogen) atoms. The van der Waals surface area contributed by atoms with Crippen molar-refractivity contribution in [2.75, 3.05) is 19.6 Å². The molecule has 0 unspecified atom stereocenters. The van der Waals surface area contributed by atoms with Gasteiger partial charge in [0.05, 0.1) is 11.4 Å². The molecule has 0 aliphatic heterocycles. The topological polar surface area (TPSA) is 95.6 Å². The average Bonchev–Trinajstić information content (AvgIpc) is 2.68. The smallest absolute Gasteiger partial charge is 0.251 e. The van der Waals surface area contributed by atoms with E-state index in [9.17, 15) is 18.0 Å². The molecule has 2 rings (SSSR count). The number of amides is 2. The molecule has 7 nitrogen and oxygen atoms in total. The Kier molecular flexibility index (Phi) is 8.00. The SMILES string of the molecule is CCN(CC)S(=O)(=O)c1ccc(C(=O)NCC(=O)N[C@H]2CCCC[C@H]2C)cc1. The normalized spacial score (nSPS) is 20.0. The second-order valence-corrected chi connectivity index (χ2v) is 9.17. The van der Waals surface area contributed by atoms with Crippen molar-refractivity contribution in [2.24, 2.45) is 5.92 Å². The molecule has 0 aromatic heterocycles. The van der Waals surface area contributed by atoms with Crippen LogP contribution in [0.1, 0.15) is 56.8 Å². The molecule has 8 heteroatoms. The van der Waals surface area contributed by atoms with Crippen LogP contribution in [-0.2, 0) is 14.8 Å². The van der Waals surface area contributed by atoms with E-state index < -0.39 is 15.9 Å². The Morgan fingerprint density at radius 3 is 2.25 bits per heavy atom. The lowest BCUT2D eigenvalue weighted by Crippen LogP contribution is -2.45. The molecule has 0 saturated heterocycles. The molecule has 1 aromatic carbocycles. The van der Waals surface area contributed by atoms with Gasteiger partial charge in [-0.2, -0.15) is 4.31 Å².